The lowest BCUT2D eigenvalue weighted by Gasteiger charge is -2.26. The number of H-pyrrole nitrogens is 2. The van der Waals surface area contributed by atoms with Crippen LogP contribution in [0.15, 0.2) is 71.3 Å². The molecule has 2 heterocycles. The van der Waals surface area contributed by atoms with Gasteiger partial charge >= 0.3 is 0 Å². The highest BCUT2D eigenvalue weighted by molar-refractivity contribution is 9.10. The van der Waals surface area contributed by atoms with Gasteiger partial charge in [0.15, 0.2) is 0 Å². The van der Waals surface area contributed by atoms with Crippen molar-refractivity contribution in [2.75, 3.05) is 0 Å². The van der Waals surface area contributed by atoms with Crippen molar-refractivity contribution in [1.29, 1.82) is 0 Å². The van der Waals surface area contributed by atoms with E-state index in [1.54, 1.807) is 0 Å². The van der Waals surface area contributed by atoms with E-state index in [4.69, 9.17) is 0 Å². The lowest BCUT2D eigenvalue weighted by atomic mass is 9.79. The number of rotatable bonds is 5. The minimum atomic E-state index is -1.45. The van der Waals surface area contributed by atoms with Gasteiger partial charge in [0.25, 0.3) is 0 Å². The molecule has 0 bridgehead atoms. The number of benzene rings is 2. The second kappa shape index (κ2) is 11.1. The molecule has 208 valence electrons. The number of halogens is 1. The fourth-order valence-electron chi connectivity index (χ4n) is 4.59. The van der Waals surface area contributed by atoms with Crippen LogP contribution in [0.4, 0.5) is 0 Å². The summed E-state index contributed by atoms with van der Waals surface area (Å²) >= 11 is 3.57. The highest BCUT2D eigenvalue weighted by Gasteiger charge is 2.25. The van der Waals surface area contributed by atoms with Crippen LogP contribution >= 0.6 is 15.9 Å². The highest BCUT2D eigenvalue weighted by atomic mass is 79.9. The van der Waals surface area contributed by atoms with Crippen LogP contribution in [0.5, 0.6) is 0 Å². The molecule has 0 aliphatic rings. The van der Waals surface area contributed by atoms with Gasteiger partial charge in [-0.15, -0.1) is 5.54 Å². The predicted molar refractivity (Wildman–Crippen MR) is 174 cm³/mol. The van der Waals surface area contributed by atoms with Crippen LogP contribution < -0.4 is 0 Å². The fourth-order valence-corrected chi connectivity index (χ4v) is 5.47. The molecular weight excluding hydrogens is 572 g/mol. The summed E-state index contributed by atoms with van der Waals surface area (Å²) in [6.07, 6.45) is 0. The minimum Gasteiger partial charge on any atom is -0.355 e. The lowest BCUT2D eigenvalue weighted by Crippen LogP contribution is -2.18. The van der Waals surface area contributed by atoms with Gasteiger partial charge in [0.1, 0.15) is 8.07 Å². The Hall–Kier alpha value is -3.07. The first-order chi connectivity index (χ1) is 18.5. The maximum Gasteiger partial charge on any atom is 0.209 e. The molecule has 0 spiro atoms. The maximum atomic E-state index is 13.9. The molecule has 0 aliphatic carbocycles. The van der Waals surface area contributed by atoms with Crippen molar-refractivity contribution >= 4 is 29.8 Å². The number of carbonyl (C=O) groups is 1. The van der Waals surface area contributed by atoms with Crippen LogP contribution in [0.1, 0.15) is 97.2 Å². The summed E-state index contributed by atoms with van der Waals surface area (Å²) in [4.78, 5) is 20.8. The molecule has 0 saturated heterocycles. The molecule has 1 atom stereocenters. The quantitative estimate of drug-likeness (QED) is 0.132. The van der Waals surface area contributed by atoms with E-state index in [1.165, 1.54) is 11.1 Å². The maximum absolute atomic E-state index is 13.9. The summed E-state index contributed by atoms with van der Waals surface area (Å²) in [5.41, 5.74) is 11.1. The van der Waals surface area contributed by atoms with E-state index in [9.17, 15) is 4.79 Å². The Labute approximate surface area is 249 Å². The van der Waals surface area contributed by atoms with Gasteiger partial charge in [0.2, 0.25) is 5.78 Å². The van der Waals surface area contributed by atoms with Gasteiger partial charge in [-0.1, -0.05) is 85.3 Å². The number of aromatic nitrogens is 2. The first-order valence-electron chi connectivity index (χ1n) is 13.9. The molecule has 2 N–H and O–H groups in total. The van der Waals surface area contributed by atoms with E-state index in [1.807, 2.05) is 18.2 Å². The van der Waals surface area contributed by atoms with E-state index < -0.39 is 8.07 Å². The van der Waals surface area contributed by atoms with Crippen molar-refractivity contribution in [3.05, 3.63) is 116 Å². The lowest BCUT2D eigenvalue weighted by molar-refractivity contribution is 0.103. The predicted octanol–water partition coefficient (Wildman–Crippen LogP) is 9.34. The largest absolute Gasteiger partial charge is 0.355 e. The van der Waals surface area contributed by atoms with Gasteiger partial charge in [0.05, 0.1) is 16.2 Å². The van der Waals surface area contributed by atoms with Gasteiger partial charge in [0, 0.05) is 22.5 Å². The van der Waals surface area contributed by atoms with Gasteiger partial charge in [-0.2, -0.15) is 0 Å². The number of aromatic amines is 2. The van der Waals surface area contributed by atoms with Gasteiger partial charge in [-0.3, -0.25) is 4.79 Å². The van der Waals surface area contributed by atoms with E-state index in [2.05, 4.69) is 147 Å². The third-order valence-electron chi connectivity index (χ3n) is 7.00. The molecule has 4 aromatic rings. The minimum absolute atomic E-state index is 0.00577. The first kappa shape index (κ1) is 29.9. The number of carbonyl (C=O) groups excluding carboxylic acids is 1. The second-order valence-electron chi connectivity index (χ2n) is 13.8. The zero-order valence-corrected chi connectivity index (χ0v) is 27.8. The number of hydrogen-bond donors (Lipinski definition) is 2. The molecule has 2 aromatic carbocycles. The summed E-state index contributed by atoms with van der Waals surface area (Å²) in [5, 5.41) is 0. The van der Waals surface area contributed by atoms with E-state index >= 15 is 0 Å². The molecule has 0 aliphatic heterocycles. The van der Waals surface area contributed by atoms with Crippen molar-refractivity contribution in [2.24, 2.45) is 0 Å². The Morgan fingerprint density at radius 3 is 1.82 bits per heavy atom. The van der Waals surface area contributed by atoms with Gasteiger partial charge in [-0.25, -0.2) is 0 Å². The molecule has 0 fully saturated rings. The average molecular weight is 614 g/mol. The zero-order chi connectivity index (χ0) is 29.5. The molecule has 1 unspecified atom stereocenters. The van der Waals surface area contributed by atoms with Crippen LogP contribution in [0.25, 0.3) is 0 Å². The Morgan fingerprint density at radius 2 is 1.32 bits per heavy atom. The second-order valence-corrected chi connectivity index (χ2v) is 19.4. The molecule has 0 saturated carbocycles. The van der Waals surface area contributed by atoms with Crippen molar-refractivity contribution in [2.45, 2.75) is 77.9 Å². The van der Waals surface area contributed by atoms with Crippen LogP contribution in [-0.2, 0) is 10.8 Å². The summed E-state index contributed by atoms with van der Waals surface area (Å²) in [5.74, 6) is 3.27. The van der Waals surface area contributed by atoms with Crippen molar-refractivity contribution in [1.82, 2.24) is 9.97 Å². The van der Waals surface area contributed by atoms with Crippen LogP contribution in [-0.4, -0.2) is 23.8 Å². The van der Waals surface area contributed by atoms with E-state index in [0.29, 0.717) is 5.69 Å². The summed E-state index contributed by atoms with van der Waals surface area (Å²) in [6, 6.07) is 22.8. The standard InChI is InChI=1S/C35H41BrN2OSi/c1-34(2,3)26-20-25(21-27(22-26)35(4,5)6)33(39)30-15-14-28(37-30)32(29-16-17-31(36)38-29)24-12-10-23(11-13-24)18-19-40(7,8)9/h10-17,20-22,32,37-38H,1-9H3. The Balaban J connectivity index is 1.74. The van der Waals surface area contributed by atoms with Crippen molar-refractivity contribution in [3.8, 4) is 11.5 Å². The smallest absolute Gasteiger partial charge is 0.209 e. The van der Waals surface area contributed by atoms with Gasteiger partial charge < -0.3 is 9.97 Å². The third kappa shape index (κ3) is 7.16. The van der Waals surface area contributed by atoms with Crippen LogP contribution in [0.2, 0.25) is 19.6 Å². The SMILES string of the molecule is CC(C)(C)c1cc(C(=O)c2ccc(C(c3ccc(C#C[Si](C)(C)C)cc3)c3ccc(Br)[nH]3)[nH]2)cc(C(C)(C)C)c1. The molecule has 0 radical (unpaired) electrons. The Kier molecular flexibility index (Phi) is 8.27. The van der Waals surface area contributed by atoms with Crippen molar-refractivity contribution in [3.63, 3.8) is 0 Å². The first-order valence-corrected chi connectivity index (χ1v) is 18.2. The van der Waals surface area contributed by atoms with E-state index in [0.717, 1.165) is 32.7 Å². The van der Waals surface area contributed by atoms with Crippen molar-refractivity contribution < 1.29 is 4.79 Å². The molecule has 40 heavy (non-hydrogen) atoms. The average Bonchev–Trinajstić information content (AvgIpc) is 3.51. The molecule has 0 amide bonds. The summed E-state index contributed by atoms with van der Waals surface area (Å²) < 4.78 is 0.918. The Morgan fingerprint density at radius 1 is 0.775 bits per heavy atom. The molecule has 5 heteroatoms. The summed E-state index contributed by atoms with van der Waals surface area (Å²) in [7, 11) is -1.45. The number of hydrogen-bond acceptors (Lipinski definition) is 1. The topological polar surface area (TPSA) is 48.6 Å². The molecule has 4 rings (SSSR count). The monoisotopic (exact) mass is 612 g/mol. The zero-order valence-electron chi connectivity index (χ0n) is 25.2. The van der Waals surface area contributed by atoms with Crippen LogP contribution in [0.3, 0.4) is 0 Å². The number of nitrogens with one attached hydrogen (secondary N) is 2. The fraction of sp³-hybridized carbons (Fsp3) is 0.343. The normalized spacial score (nSPS) is 13.1. The molecule has 2 aromatic heterocycles. The van der Waals surface area contributed by atoms with E-state index in [-0.39, 0.29) is 22.5 Å². The molecule has 3 nitrogen and oxygen atoms in total. The third-order valence-corrected chi connectivity index (χ3v) is 8.34. The highest BCUT2D eigenvalue weighted by Crippen LogP contribution is 2.34. The molecular formula is C35H41BrN2OSi. The Bertz CT molecular complexity index is 1540. The number of ketones is 1. The summed E-state index contributed by atoms with van der Waals surface area (Å²) in [6.45, 7) is 19.9. The van der Waals surface area contributed by atoms with Gasteiger partial charge in [-0.05, 0) is 92.0 Å². The van der Waals surface area contributed by atoms with Crippen LogP contribution in [0, 0.1) is 11.5 Å².